The van der Waals surface area contributed by atoms with E-state index in [1.54, 1.807) is 6.07 Å². The molecule has 3 N–H and O–H groups in total. The van der Waals surface area contributed by atoms with Gasteiger partial charge in [-0.25, -0.2) is 0 Å². The second-order valence-corrected chi connectivity index (χ2v) is 6.18. The highest BCUT2D eigenvalue weighted by Crippen LogP contribution is 2.30. The van der Waals surface area contributed by atoms with E-state index in [-0.39, 0.29) is 11.3 Å². The van der Waals surface area contributed by atoms with Crippen LogP contribution in [0.2, 0.25) is 0 Å². The van der Waals surface area contributed by atoms with Crippen molar-refractivity contribution in [2.75, 3.05) is 6.54 Å². The van der Waals surface area contributed by atoms with E-state index in [1.165, 1.54) is 0 Å². The first-order valence-electron chi connectivity index (χ1n) is 6.37. The Balaban J connectivity index is 1.95. The van der Waals surface area contributed by atoms with Gasteiger partial charge in [0.2, 0.25) is 0 Å². The molecular formula is C13H21N3O2. The molecular weight excluding hydrogens is 230 g/mol. The SMILES string of the molecule is CC(C)(C)c1cc(C(=O)NCC2(O)CCC2)n[nH]1. The van der Waals surface area contributed by atoms with Crippen molar-refractivity contribution in [2.24, 2.45) is 0 Å². The quantitative estimate of drug-likeness (QED) is 0.759. The number of H-pyrrole nitrogens is 1. The van der Waals surface area contributed by atoms with E-state index in [9.17, 15) is 9.90 Å². The minimum Gasteiger partial charge on any atom is -0.388 e. The number of amides is 1. The zero-order valence-electron chi connectivity index (χ0n) is 11.2. The number of carbonyl (C=O) groups is 1. The lowest BCUT2D eigenvalue weighted by molar-refractivity contribution is -0.0300. The molecule has 0 unspecified atom stereocenters. The number of aromatic amines is 1. The molecule has 0 aliphatic heterocycles. The molecule has 1 aliphatic rings. The number of aliphatic hydroxyl groups is 1. The summed E-state index contributed by atoms with van der Waals surface area (Å²) < 4.78 is 0. The average Bonchev–Trinajstić information content (AvgIpc) is 2.72. The number of rotatable bonds is 3. The lowest BCUT2D eigenvalue weighted by Gasteiger charge is -2.36. The van der Waals surface area contributed by atoms with Gasteiger partial charge in [-0.2, -0.15) is 5.10 Å². The molecule has 0 spiro atoms. The number of aromatic nitrogens is 2. The summed E-state index contributed by atoms with van der Waals surface area (Å²) in [5.74, 6) is -0.234. The van der Waals surface area contributed by atoms with Crippen molar-refractivity contribution in [3.8, 4) is 0 Å². The van der Waals surface area contributed by atoms with Crippen LogP contribution in [0, 0.1) is 0 Å². The van der Waals surface area contributed by atoms with Gasteiger partial charge in [-0.15, -0.1) is 0 Å². The second kappa shape index (κ2) is 4.39. The summed E-state index contributed by atoms with van der Waals surface area (Å²) in [7, 11) is 0. The molecule has 5 heteroatoms. The number of nitrogens with zero attached hydrogens (tertiary/aromatic N) is 1. The second-order valence-electron chi connectivity index (χ2n) is 6.18. The van der Waals surface area contributed by atoms with Crippen molar-refractivity contribution in [3.63, 3.8) is 0 Å². The van der Waals surface area contributed by atoms with Crippen molar-refractivity contribution >= 4 is 5.91 Å². The predicted octanol–water partition coefficient (Wildman–Crippen LogP) is 1.35. The molecule has 1 fully saturated rings. The van der Waals surface area contributed by atoms with E-state index >= 15 is 0 Å². The fourth-order valence-electron chi connectivity index (χ4n) is 1.92. The maximum absolute atomic E-state index is 11.9. The van der Waals surface area contributed by atoms with Crippen LogP contribution in [0.1, 0.15) is 56.2 Å². The van der Waals surface area contributed by atoms with Crippen molar-refractivity contribution in [3.05, 3.63) is 17.5 Å². The van der Waals surface area contributed by atoms with Crippen LogP contribution in [0.4, 0.5) is 0 Å². The number of hydrogen-bond acceptors (Lipinski definition) is 3. The lowest BCUT2D eigenvalue weighted by atomic mass is 9.80. The molecule has 1 aromatic rings. The van der Waals surface area contributed by atoms with Gasteiger partial charge in [0.05, 0.1) is 5.60 Å². The minimum absolute atomic E-state index is 0.0578. The molecule has 1 amide bonds. The normalized spacial score (nSPS) is 18.2. The van der Waals surface area contributed by atoms with Gasteiger partial charge in [0.25, 0.3) is 5.91 Å². The molecule has 18 heavy (non-hydrogen) atoms. The van der Waals surface area contributed by atoms with Crippen LogP contribution in [-0.2, 0) is 5.41 Å². The average molecular weight is 251 g/mol. The van der Waals surface area contributed by atoms with Gasteiger partial charge in [-0.3, -0.25) is 9.89 Å². The van der Waals surface area contributed by atoms with Crippen LogP contribution in [0.3, 0.4) is 0 Å². The summed E-state index contributed by atoms with van der Waals surface area (Å²) in [5, 5.41) is 19.5. The molecule has 1 aromatic heterocycles. The highest BCUT2D eigenvalue weighted by Gasteiger charge is 2.34. The molecule has 0 aromatic carbocycles. The third-order valence-corrected chi connectivity index (χ3v) is 3.48. The Bertz CT molecular complexity index is 441. The molecule has 5 nitrogen and oxygen atoms in total. The smallest absolute Gasteiger partial charge is 0.271 e. The van der Waals surface area contributed by atoms with Crippen LogP contribution in [0.15, 0.2) is 6.07 Å². The van der Waals surface area contributed by atoms with Gasteiger partial charge in [0.15, 0.2) is 0 Å². The number of hydrogen-bond donors (Lipinski definition) is 3. The van der Waals surface area contributed by atoms with Crippen molar-refractivity contribution in [2.45, 2.75) is 51.0 Å². The third-order valence-electron chi connectivity index (χ3n) is 3.48. The highest BCUT2D eigenvalue weighted by atomic mass is 16.3. The van der Waals surface area contributed by atoms with E-state index < -0.39 is 5.60 Å². The van der Waals surface area contributed by atoms with Crippen LogP contribution in [0.5, 0.6) is 0 Å². The third kappa shape index (κ3) is 2.72. The molecule has 0 atom stereocenters. The number of nitrogens with one attached hydrogen (secondary N) is 2. The van der Waals surface area contributed by atoms with E-state index in [4.69, 9.17) is 0 Å². The first-order valence-corrected chi connectivity index (χ1v) is 6.37. The monoisotopic (exact) mass is 251 g/mol. The Morgan fingerprint density at radius 1 is 1.56 bits per heavy atom. The van der Waals surface area contributed by atoms with Crippen molar-refractivity contribution in [1.29, 1.82) is 0 Å². The van der Waals surface area contributed by atoms with Gasteiger partial charge in [0.1, 0.15) is 5.69 Å². The fraction of sp³-hybridized carbons (Fsp3) is 0.692. The van der Waals surface area contributed by atoms with Gasteiger partial charge in [0, 0.05) is 17.7 Å². The zero-order chi connectivity index (χ0) is 13.4. The van der Waals surface area contributed by atoms with E-state index in [0.717, 1.165) is 25.0 Å². The van der Waals surface area contributed by atoms with Gasteiger partial charge >= 0.3 is 0 Å². The molecule has 100 valence electrons. The molecule has 1 saturated carbocycles. The first kappa shape index (κ1) is 13.1. The summed E-state index contributed by atoms with van der Waals surface area (Å²) in [6.07, 6.45) is 2.56. The summed E-state index contributed by atoms with van der Waals surface area (Å²) in [5.41, 5.74) is 0.550. The zero-order valence-corrected chi connectivity index (χ0v) is 11.2. The van der Waals surface area contributed by atoms with Crippen LogP contribution >= 0.6 is 0 Å². The largest absolute Gasteiger partial charge is 0.388 e. The maximum atomic E-state index is 11.9. The van der Waals surface area contributed by atoms with Crippen LogP contribution < -0.4 is 5.32 Å². The topological polar surface area (TPSA) is 78.0 Å². The van der Waals surface area contributed by atoms with Gasteiger partial charge in [-0.05, 0) is 25.3 Å². The highest BCUT2D eigenvalue weighted by molar-refractivity contribution is 5.92. The van der Waals surface area contributed by atoms with Crippen LogP contribution in [-0.4, -0.2) is 33.4 Å². The maximum Gasteiger partial charge on any atom is 0.271 e. The first-order chi connectivity index (χ1) is 8.30. The van der Waals surface area contributed by atoms with E-state index in [1.807, 2.05) is 0 Å². The van der Waals surface area contributed by atoms with E-state index in [0.29, 0.717) is 12.2 Å². The summed E-state index contributed by atoms with van der Waals surface area (Å²) in [6, 6.07) is 1.76. The molecule has 0 bridgehead atoms. The van der Waals surface area contributed by atoms with Gasteiger partial charge in [-0.1, -0.05) is 20.8 Å². The van der Waals surface area contributed by atoms with Gasteiger partial charge < -0.3 is 10.4 Å². The Morgan fingerprint density at radius 2 is 2.22 bits per heavy atom. The molecule has 0 saturated heterocycles. The molecule has 1 heterocycles. The van der Waals surface area contributed by atoms with Crippen molar-refractivity contribution in [1.82, 2.24) is 15.5 Å². The Morgan fingerprint density at radius 3 is 2.67 bits per heavy atom. The predicted molar refractivity (Wildman–Crippen MR) is 68.4 cm³/mol. The summed E-state index contributed by atoms with van der Waals surface area (Å²) in [4.78, 5) is 11.9. The minimum atomic E-state index is -0.696. The lowest BCUT2D eigenvalue weighted by Crippen LogP contribution is -2.47. The van der Waals surface area contributed by atoms with E-state index in [2.05, 4.69) is 36.3 Å². The summed E-state index contributed by atoms with van der Waals surface area (Å²) in [6.45, 7) is 6.47. The fourth-order valence-corrected chi connectivity index (χ4v) is 1.92. The number of carbonyl (C=O) groups excluding carboxylic acids is 1. The molecule has 1 aliphatic carbocycles. The van der Waals surface area contributed by atoms with Crippen molar-refractivity contribution < 1.29 is 9.90 Å². The van der Waals surface area contributed by atoms with Crippen LogP contribution in [0.25, 0.3) is 0 Å². The molecule has 0 radical (unpaired) electrons. The summed E-state index contributed by atoms with van der Waals surface area (Å²) >= 11 is 0. The Labute approximate surface area is 107 Å². The standard InChI is InChI=1S/C13H21N3O2/c1-12(2,3)10-7-9(15-16-10)11(17)14-8-13(18)5-4-6-13/h7,18H,4-6,8H2,1-3H3,(H,14,17)(H,15,16). The molecule has 2 rings (SSSR count). The Hall–Kier alpha value is -1.36. The Kier molecular flexibility index (Phi) is 3.19.